The van der Waals surface area contributed by atoms with Crippen molar-refractivity contribution in [3.8, 4) is 0 Å². The molecular formula is C35H49N3O7. The number of allylic oxidation sites excluding steroid dienone is 1. The number of fused-ring (bicyclic) bond motifs is 1. The van der Waals surface area contributed by atoms with E-state index in [1.807, 2.05) is 51.1 Å². The lowest BCUT2D eigenvalue weighted by atomic mass is 9.70. The lowest BCUT2D eigenvalue weighted by Gasteiger charge is -2.42. The van der Waals surface area contributed by atoms with Gasteiger partial charge in [0.05, 0.1) is 24.0 Å². The molecule has 3 fully saturated rings. The van der Waals surface area contributed by atoms with Crippen LogP contribution in [0.3, 0.4) is 0 Å². The Hall–Kier alpha value is -3.50. The number of ether oxygens (including phenoxy) is 2. The Labute approximate surface area is 266 Å². The minimum Gasteiger partial charge on any atom is -0.463 e. The van der Waals surface area contributed by atoms with Crippen LogP contribution in [0.2, 0.25) is 0 Å². The van der Waals surface area contributed by atoms with E-state index < -0.39 is 41.2 Å². The zero-order chi connectivity index (χ0) is 32.8. The van der Waals surface area contributed by atoms with Crippen LogP contribution >= 0.6 is 0 Å². The SMILES string of the molecule is C=CCCC(=O)OC[C@@H](NC(=O)[C@@H]1[C@H]2C(=O)N(CCCCCO)[C@H](C(=O)N(CC=C)C(C)(C)C)[C@]23CC[C@H]1O3)c1ccccc1. The molecule has 10 nitrogen and oxygen atoms in total. The smallest absolute Gasteiger partial charge is 0.306 e. The maximum Gasteiger partial charge on any atom is 0.306 e. The molecule has 45 heavy (non-hydrogen) atoms. The highest BCUT2D eigenvalue weighted by Crippen LogP contribution is 2.58. The van der Waals surface area contributed by atoms with Crippen molar-refractivity contribution >= 4 is 23.7 Å². The van der Waals surface area contributed by atoms with Crippen molar-refractivity contribution in [1.29, 1.82) is 0 Å². The van der Waals surface area contributed by atoms with Gasteiger partial charge in [-0.05, 0) is 64.9 Å². The van der Waals surface area contributed by atoms with Crippen LogP contribution in [0.4, 0.5) is 0 Å². The van der Waals surface area contributed by atoms with Crippen LogP contribution in [0, 0.1) is 11.8 Å². The summed E-state index contributed by atoms with van der Waals surface area (Å²) < 4.78 is 12.1. The number of hydrogen-bond acceptors (Lipinski definition) is 7. The Kier molecular flexibility index (Phi) is 11.3. The zero-order valence-electron chi connectivity index (χ0n) is 26.9. The highest BCUT2D eigenvalue weighted by Gasteiger charge is 2.74. The molecule has 0 aliphatic carbocycles. The number of hydrogen-bond donors (Lipinski definition) is 2. The first kappa shape index (κ1) is 34.4. The second kappa shape index (κ2) is 14.7. The fraction of sp³-hybridized carbons (Fsp3) is 0.600. The van der Waals surface area contributed by atoms with Gasteiger partial charge in [0.1, 0.15) is 18.2 Å². The number of amides is 3. The highest BCUT2D eigenvalue weighted by molar-refractivity contribution is 5.99. The van der Waals surface area contributed by atoms with Crippen LogP contribution in [0.15, 0.2) is 55.6 Å². The molecule has 0 aromatic heterocycles. The molecule has 0 radical (unpaired) electrons. The number of aliphatic hydroxyl groups excluding tert-OH is 1. The quantitative estimate of drug-likeness (QED) is 0.163. The topological polar surface area (TPSA) is 125 Å². The third kappa shape index (κ3) is 7.17. The summed E-state index contributed by atoms with van der Waals surface area (Å²) >= 11 is 0. The van der Waals surface area contributed by atoms with Gasteiger partial charge < -0.3 is 29.7 Å². The van der Waals surface area contributed by atoms with Crippen LogP contribution in [0.5, 0.6) is 0 Å². The summed E-state index contributed by atoms with van der Waals surface area (Å²) in [4.78, 5) is 58.5. The molecular weight excluding hydrogens is 574 g/mol. The number of rotatable bonds is 16. The fourth-order valence-electron chi connectivity index (χ4n) is 7.16. The summed E-state index contributed by atoms with van der Waals surface area (Å²) in [6.45, 7) is 14.0. The minimum atomic E-state index is -1.12. The molecule has 3 aliphatic heterocycles. The van der Waals surface area contributed by atoms with E-state index in [0.29, 0.717) is 51.6 Å². The van der Waals surface area contributed by atoms with E-state index in [-0.39, 0.29) is 43.3 Å². The average molecular weight is 624 g/mol. The van der Waals surface area contributed by atoms with Gasteiger partial charge >= 0.3 is 5.97 Å². The summed E-state index contributed by atoms with van der Waals surface area (Å²) in [6, 6.07) is 7.76. The molecule has 3 aliphatic rings. The number of likely N-dealkylation sites (tertiary alicyclic amines) is 1. The first-order valence-electron chi connectivity index (χ1n) is 16.1. The average Bonchev–Trinajstić information content (AvgIpc) is 3.66. The molecule has 3 saturated heterocycles. The Bertz CT molecular complexity index is 1250. The predicted molar refractivity (Wildman–Crippen MR) is 170 cm³/mol. The number of nitrogens with one attached hydrogen (secondary N) is 1. The lowest BCUT2D eigenvalue weighted by Crippen LogP contribution is -2.60. The summed E-state index contributed by atoms with van der Waals surface area (Å²) in [5, 5.41) is 12.4. The molecule has 1 aromatic carbocycles. The van der Waals surface area contributed by atoms with Crippen LogP contribution in [-0.2, 0) is 28.7 Å². The number of esters is 1. The number of benzene rings is 1. The van der Waals surface area contributed by atoms with Gasteiger partial charge in [-0.2, -0.15) is 0 Å². The molecule has 1 aromatic rings. The largest absolute Gasteiger partial charge is 0.463 e. The Morgan fingerprint density at radius 3 is 2.56 bits per heavy atom. The van der Waals surface area contributed by atoms with E-state index in [9.17, 15) is 24.3 Å². The maximum atomic E-state index is 14.4. The molecule has 0 saturated carbocycles. The van der Waals surface area contributed by atoms with E-state index in [4.69, 9.17) is 9.47 Å². The van der Waals surface area contributed by atoms with E-state index in [0.717, 1.165) is 5.56 Å². The summed E-state index contributed by atoms with van der Waals surface area (Å²) in [5.41, 5.74) is -0.893. The number of carbonyl (C=O) groups is 4. The Morgan fingerprint density at radius 1 is 1.18 bits per heavy atom. The Morgan fingerprint density at radius 2 is 1.91 bits per heavy atom. The number of carbonyl (C=O) groups excluding carboxylic acids is 4. The van der Waals surface area contributed by atoms with Gasteiger partial charge in [0.15, 0.2) is 0 Å². The van der Waals surface area contributed by atoms with Crippen molar-refractivity contribution in [2.75, 3.05) is 26.3 Å². The maximum absolute atomic E-state index is 14.4. The van der Waals surface area contributed by atoms with Gasteiger partial charge in [0, 0.05) is 31.7 Å². The van der Waals surface area contributed by atoms with Gasteiger partial charge in [-0.25, -0.2) is 0 Å². The minimum absolute atomic E-state index is 0.0548. The van der Waals surface area contributed by atoms with Crippen molar-refractivity contribution in [2.24, 2.45) is 11.8 Å². The lowest BCUT2D eigenvalue weighted by molar-refractivity contribution is -0.151. The van der Waals surface area contributed by atoms with E-state index in [1.165, 1.54) is 0 Å². The molecule has 0 unspecified atom stereocenters. The molecule has 10 heteroatoms. The molecule has 6 atom stereocenters. The second-order valence-corrected chi connectivity index (χ2v) is 13.3. The summed E-state index contributed by atoms with van der Waals surface area (Å²) in [6.07, 6.45) is 6.45. The zero-order valence-corrected chi connectivity index (χ0v) is 26.9. The van der Waals surface area contributed by atoms with Gasteiger partial charge in [-0.1, -0.05) is 42.5 Å². The van der Waals surface area contributed by atoms with Crippen LogP contribution in [-0.4, -0.2) is 88.2 Å². The normalized spacial score (nSPS) is 25.9. The number of nitrogens with zero attached hydrogens (tertiary/aromatic N) is 2. The van der Waals surface area contributed by atoms with Crippen molar-refractivity contribution in [1.82, 2.24) is 15.1 Å². The molecule has 246 valence electrons. The van der Waals surface area contributed by atoms with Crippen LogP contribution in [0.1, 0.15) is 77.3 Å². The van der Waals surface area contributed by atoms with Gasteiger partial charge in [0.2, 0.25) is 17.7 Å². The molecule has 3 amide bonds. The molecule has 4 rings (SSSR count). The standard InChI is InChI=1S/C35H49N3O7/c1-6-8-17-27(40)44-23-25(24-15-11-9-12-16-24)36-31(41)28-26-18-19-35(45-26)29(28)32(42)37(21-13-10-14-22-39)30(35)33(43)38(20-7-2)34(3,4)5/h6-7,9,11-12,15-16,25-26,28-30,39H,1-2,8,10,13-14,17-23H2,3-5H3,(H,36,41)/t25-,26-,28+,29+,30-,35+/m1/s1. The third-order valence-corrected chi connectivity index (χ3v) is 9.26. The summed E-state index contributed by atoms with van der Waals surface area (Å²) in [5.74, 6) is -2.83. The van der Waals surface area contributed by atoms with Crippen molar-refractivity contribution in [3.05, 3.63) is 61.2 Å². The van der Waals surface area contributed by atoms with Crippen molar-refractivity contribution in [3.63, 3.8) is 0 Å². The predicted octanol–water partition coefficient (Wildman–Crippen LogP) is 3.70. The first-order valence-corrected chi connectivity index (χ1v) is 16.1. The number of unbranched alkanes of at least 4 members (excludes halogenated alkanes) is 2. The molecule has 2 bridgehead atoms. The number of aliphatic hydroxyl groups is 1. The first-order chi connectivity index (χ1) is 21.5. The van der Waals surface area contributed by atoms with Crippen LogP contribution in [0.25, 0.3) is 0 Å². The Balaban J connectivity index is 1.63. The highest BCUT2D eigenvalue weighted by atomic mass is 16.5. The van der Waals surface area contributed by atoms with E-state index >= 15 is 0 Å². The second-order valence-electron chi connectivity index (χ2n) is 13.3. The van der Waals surface area contributed by atoms with Gasteiger partial charge in [-0.3, -0.25) is 19.2 Å². The van der Waals surface area contributed by atoms with Gasteiger partial charge in [-0.15, -0.1) is 13.2 Å². The molecule has 3 heterocycles. The molecule has 2 N–H and O–H groups in total. The van der Waals surface area contributed by atoms with Gasteiger partial charge in [0.25, 0.3) is 0 Å². The van der Waals surface area contributed by atoms with E-state index in [1.54, 1.807) is 22.0 Å². The monoisotopic (exact) mass is 623 g/mol. The van der Waals surface area contributed by atoms with Crippen molar-refractivity contribution in [2.45, 2.75) is 95.0 Å². The third-order valence-electron chi connectivity index (χ3n) is 9.26. The summed E-state index contributed by atoms with van der Waals surface area (Å²) in [7, 11) is 0. The van der Waals surface area contributed by atoms with Crippen molar-refractivity contribution < 1.29 is 33.8 Å². The van der Waals surface area contributed by atoms with Crippen LogP contribution < -0.4 is 5.32 Å². The molecule has 1 spiro atoms. The fourth-order valence-corrected chi connectivity index (χ4v) is 7.16. The van der Waals surface area contributed by atoms with E-state index in [2.05, 4.69) is 18.5 Å².